The fourth-order valence-electron chi connectivity index (χ4n) is 3.68. The van der Waals surface area contributed by atoms with Gasteiger partial charge in [-0.1, -0.05) is 23.7 Å². The quantitative estimate of drug-likeness (QED) is 0.240. The highest BCUT2D eigenvalue weighted by Crippen LogP contribution is 2.23. The smallest absolute Gasteiger partial charge is 0.475 e. The maximum Gasteiger partial charge on any atom is 0.490 e. The molecule has 0 aliphatic carbocycles. The van der Waals surface area contributed by atoms with Crippen molar-refractivity contribution in [3.05, 3.63) is 58.0 Å². The first-order valence-corrected chi connectivity index (χ1v) is 13.1. The molecule has 0 spiro atoms. The number of carboxylic acids is 2. The van der Waals surface area contributed by atoms with E-state index in [1.54, 1.807) is 25.1 Å². The Labute approximate surface area is 256 Å². The van der Waals surface area contributed by atoms with Gasteiger partial charge in [0.25, 0.3) is 0 Å². The van der Waals surface area contributed by atoms with Crippen LogP contribution in [-0.4, -0.2) is 69.9 Å². The van der Waals surface area contributed by atoms with Gasteiger partial charge in [0.15, 0.2) is 0 Å². The zero-order chi connectivity index (χ0) is 34.7. The number of nitrogens with zero attached hydrogens (tertiary/aromatic N) is 1. The Hall–Kier alpha value is -4.19. The molecule has 11 nitrogen and oxygen atoms in total. The highest BCUT2D eigenvalue weighted by molar-refractivity contribution is 6.30. The Bertz CT molecular complexity index is 1340. The molecule has 3 atom stereocenters. The number of benzene rings is 1. The van der Waals surface area contributed by atoms with Crippen LogP contribution in [-0.2, 0) is 32.1 Å². The fraction of sp³-hybridized carbons (Fsp3) is 0.423. The second kappa shape index (κ2) is 16.8. The molecule has 19 heteroatoms. The molecule has 0 radical (unpaired) electrons. The molecule has 7 N–H and O–H groups in total. The molecule has 250 valence electrons. The number of nitrogens with one attached hydrogen (secondary N) is 3. The molecule has 0 bridgehead atoms. The summed E-state index contributed by atoms with van der Waals surface area (Å²) in [5.41, 5.74) is 8.18. The van der Waals surface area contributed by atoms with Crippen LogP contribution in [0.1, 0.15) is 30.2 Å². The summed E-state index contributed by atoms with van der Waals surface area (Å²) >= 11 is 5.84. The van der Waals surface area contributed by atoms with Crippen molar-refractivity contribution < 1.29 is 60.1 Å². The largest absolute Gasteiger partial charge is 0.490 e. The van der Waals surface area contributed by atoms with Gasteiger partial charge in [0.1, 0.15) is 17.7 Å². The molecule has 1 aromatic heterocycles. The summed E-state index contributed by atoms with van der Waals surface area (Å²) in [5.74, 6) is -5.80. The summed E-state index contributed by atoms with van der Waals surface area (Å²) in [4.78, 5) is 46.9. The Morgan fingerprint density at radius 3 is 2.11 bits per heavy atom. The number of anilines is 1. The number of pyridine rings is 1. The van der Waals surface area contributed by atoms with Gasteiger partial charge in [0, 0.05) is 12.2 Å². The Morgan fingerprint density at radius 2 is 1.62 bits per heavy atom. The second-order valence-electron chi connectivity index (χ2n) is 9.55. The topological polar surface area (TPSA) is 184 Å². The zero-order valence-electron chi connectivity index (χ0n) is 23.5. The van der Waals surface area contributed by atoms with Gasteiger partial charge in [-0.15, -0.1) is 0 Å². The first-order chi connectivity index (χ1) is 20.6. The van der Waals surface area contributed by atoms with E-state index in [1.807, 2.05) is 13.0 Å². The van der Waals surface area contributed by atoms with Crippen LogP contribution >= 0.6 is 11.6 Å². The van der Waals surface area contributed by atoms with Gasteiger partial charge in [0.2, 0.25) is 11.8 Å². The molecule has 1 fully saturated rings. The van der Waals surface area contributed by atoms with Crippen LogP contribution in [0.3, 0.4) is 0 Å². The molecule has 1 aliphatic heterocycles. The molecule has 2 aromatic rings. The average Bonchev–Trinajstić information content (AvgIpc) is 3.38. The number of carboxylic acid groups (broad SMARTS) is 2. The fourth-order valence-corrected chi connectivity index (χ4v) is 3.88. The van der Waals surface area contributed by atoms with Gasteiger partial charge < -0.3 is 31.9 Å². The van der Waals surface area contributed by atoms with Crippen LogP contribution in [0.25, 0.3) is 0 Å². The van der Waals surface area contributed by atoms with Crippen molar-refractivity contribution in [1.29, 1.82) is 0 Å². The van der Waals surface area contributed by atoms with Gasteiger partial charge in [-0.3, -0.25) is 9.59 Å². The van der Waals surface area contributed by atoms with E-state index in [9.17, 15) is 40.3 Å². The van der Waals surface area contributed by atoms with Crippen molar-refractivity contribution >= 4 is 41.2 Å². The number of carbonyl (C=O) groups is 4. The standard InChI is InChI=1S/C22H27ClFN5O2.2C2HF3O2/c1-12-16(4-6-20(25)28-12)11-27-21(30)13(2)29-22(31)19-9-15(10-26-19)7-14-3-5-18(24)17(23)8-14;2*3-2(4,5)1(6)7/h3-6,8,13,15,19,26H,7,9-11H2,1-2H3,(H2,25,28)(H,27,30)(H,29,31);2*(H,6,7)/t13-,15-,19+;;/m0../s1. The highest BCUT2D eigenvalue weighted by Gasteiger charge is 2.39. The van der Waals surface area contributed by atoms with Crippen LogP contribution in [0.15, 0.2) is 30.3 Å². The van der Waals surface area contributed by atoms with E-state index in [-0.39, 0.29) is 28.8 Å². The van der Waals surface area contributed by atoms with E-state index >= 15 is 0 Å². The molecular weight excluding hydrogens is 647 g/mol. The van der Waals surface area contributed by atoms with Crippen LogP contribution in [0.2, 0.25) is 5.02 Å². The molecule has 0 unspecified atom stereocenters. The van der Waals surface area contributed by atoms with Crippen molar-refractivity contribution in [2.45, 2.75) is 57.7 Å². The van der Waals surface area contributed by atoms with Crippen molar-refractivity contribution in [3.63, 3.8) is 0 Å². The number of aryl methyl sites for hydroxylation is 1. The normalized spacial score (nSPS) is 16.7. The molecule has 1 aliphatic rings. The number of halogens is 8. The summed E-state index contributed by atoms with van der Waals surface area (Å²) in [6.07, 6.45) is -8.84. The summed E-state index contributed by atoms with van der Waals surface area (Å²) in [5, 5.41) is 23.1. The van der Waals surface area contributed by atoms with Crippen LogP contribution < -0.4 is 21.7 Å². The predicted molar refractivity (Wildman–Crippen MR) is 145 cm³/mol. The number of carbonyl (C=O) groups excluding carboxylic acids is 2. The predicted octanol–water partition coefficient (Wildman–Crippen LogP) is 3.37. The average molecular weight is 676 g/mol. The van der Waals surface area contributed by atoms with Crippen LogP contribution in [0.5, 0.6) is 0 Å². The molecule has 2 amide bonds. The van der Waals surface area contributed by atoms with E-state index in [1.165, 1.54) is 6.07 Å². The minimum Gasteiger partial charge on any atom is -0.475 e. The minimum absolute atomic E-state index is 0.0996. The van der Waals surface area contributed by atoms with Crippen molar-refractivity contribution in [2.75, 3.05) is 12.3 Å². The third-order valence-corrected chi connectivity index (χ3v) is 6.24. The molecule has 3 rings (SSSR count). The lowest BCUT2D eigenvalue weighted by Crippen LogP contribution is -2.50. The van der Waals surface area contributed by atoms with Gasteiger partial charge in [0.05, 0.1) is 11.1 Å². The van der Waals surface area contributed by atoms with Gasteiger partial charge in [-0.25, -0.2) is 19.0 Å². The number of nitrogen functional groups attached to an aromatic ring is 1. The number of alkyl halides is 6. The van der Waals surface area contributed by atoms with Crippen molar-refractivity contribution in [1.82, 2.24) is 20.9 Å². The lowest BCUT2D eigenvalue weighted by molar-refractivity contribution is -0.193. The molecule has 45 heavy (non-hydrogen) atoms. The lowest BCUT2D eigenvalue weighted by Gasteiger charge is -2.17. The zero-order valence-corrected chi connectivity index (χ0v) is 24.3. The first-order valence-electron chi connectivity index (χ1n) is 12.7. The van der Waals surface area contributed by atoms with E-state index in [2.05, 4.69) is 20.9 Å². The van der Waals surface area contributed by atoms with Gasteiger partial charge in [-0.05, 0) is 68.5 Å². The Morgan fingerprint density at radius 1 is 1.07 bits per heavy atom. The first kappa shape index (κ1) is 38.8. The summed E-state index contributed by atoms with van der Waals surface area (Å²) in [6.45, 7) is 4.44. The number of hydrogen-bond donors (Lipinski definition) is 6. The molecule has 0 saturated carbocycles. The molecule has 1 aromatic carbocycles. The monoisotopic (exact) mass is 675 g/mol. The summed E-state index contributed by atoms with van der Waals surface area (Å²) in [7, 11) is 0. The molecule has 1 saturated heterocycles. The van der Waals surface area contributed by atoms with Crippen molar-refractivity contribution in [2.24, 2.45) is 5.92 Å². The minimum atomic E-state index is -5.08. The van der Waals surface area contributed by atoms with E-state index in [0.717, 1.165) is 16.8 Å². The number of nitrogens with two attached hydrogens (primary N) is 1. The van der Waals surface area contributed by atoms with Gasteiger partial charge >= 0.3 is 24.3 Å². The third-order valence-electron chi connectivity index (χ3n) is 5.95. The summed E-state index contributed by atoms with van der Waals surface area (Å²) in [6, 6.07) is 7.13. The third kappa shape index (κ3) is 14.0. The number of rotatable bonds is 7. The maximum atomic E-state index is 13.3. The van der Waals surface area contributed by atoms with E-state index in [0.29, 0.717) is 31.7 Å². The van der Waals surface area contributed by atoms with Gasteiger partial charge in [-0.2, -0.15) is 26.3 Å². The highest BCUT2D eigenvalue weighted by atomic mass is 35.5. The molecule has 2 heterocycles. The Kier molecular flexibility index (Phi) is 14.5. The van der Waals surface area contributed by atoms with Crippen molar-refractivity contribution in [3.8, 4) is 0 Å². The SMILES string of the molecule is Cc1nc(N)ccc1CNC(=O)[C@H](C)NC(=O)[C@H]1C[C@H](Cc2ccc(F)c(Cl)c2)CN1.O=C(O)C(F)(F)F.O=C(O)C(F)(F)F. The molecular formula is C26H29ClF7N5O6. The lowest BCUT2D eigenvalue weighted by atomic mass is 9.96. The number of hydrogen-bond acceptors (Lipinski definition) is 7. The number of amides is 2. The maximum absolute atomic E-state index is 13.3. The van der Waals surface area contributed by atoms with E-state index < -0.39 is 36.2 Å². The Balaban J connectivity index is 0.000000601. The number of aromatic nitrogens is 1. The van der Waals surface area contributed by atoms with Crippen LogP contribution in [0.4, 0.5) is 36.6 Å². The van der Waals surface area contributed by atoms with Crippen LogP contribution in [0, 0.1) is 18.7 Å². The summed E-state index contributed by atoms with van der Waals surface area (Å²) < 4.78 is 76.8. The second-order valence-corrected chi connectivity index (χ2v) is 9.96. The van der Waals surface area contributed by atoms with E-state index in [4.69, 9.17) is 37.1 Å². The number of aliphatic carboxylic acids is 2.